The molecule has 4 rings (SSSR count). The number of ether oxygens (including phenoxy) is 1. The summed E-state index contributed by atoms with van der Waals surface area (Å²) in [6, 6.07) is 7.13. The summed E-state index contributed by atoms with van der Waals surface area (Å²) in [7, 11) is 0. The number of alkyl halides is 6. The molecule has 1 aliphatic heterocycles. The molecule has 1 aliphatic carbocycles. The van der Waals surface area contributed by atoms with E-state index >= 15 is 0 Å². The van der Waals surface area contributed by atoms with Crippen molar-refractivity contribution in [2.75, 3.05) is 13.2 Å². The van der Waals surface area contributed by atoms with E-state index in [0.717, 1.165) is 11.5 Å². The van der Waals surface area contributed by atoms with Gasteiger partial charge in [-0.1, -0.05) is 46.8 Å². The Labute approximate surface area is 253 Å². The predicted octanol–water partition coefficient (Wildman–Crippen LogP) is 9.24. The molecular weight excluding hydrogens is 591 g/mol. The fourth-order valence-corrected chi connectivity index (χ4v) is 7.72. The molecule has 0 spiro atoms. The molecule has 6 atom stereocenters. The number of hydrogen-bond acceptors (Lipinski definition) is 2. The number of amides is 1. The van der Waals surface area contributed by atoms with Gasteiger partial charge in [0.25, 0.3) is 0 Å². The molecule has 1 radical (unpaired) electrons. The van der Waals surface area contributed by atoms with Crippen LogP contribution in [0.1, 0.15) is 75.6 Å². The molecule has 2 aliphatic rings. The van der Waals surface area contributed by atoms with E-state index in [9.17, 15) is 40.6 Å². The van der Waals surface area contributed by atoms with E-state index in [0.29, 0.717) is 25.0 Å². The van der Waals surface area contributed by atoms with Crippen molar-refractivity contribution >= 4 is 6.09 Å². The van der Waals surface area contributed by atoms with Crippen LogP contribution < -0.4 is 0 Å². The van der Waals surface area contributed by atoms with Gasteiger partial charge in [-0.3, -0.25) is 0 Å². The first-order valence-electron chi connectivity index (χ1n) is 14.7. The second-order valence-electron chi connectivity index (χ2n) is 13.4. The molecule has 1 amide bonds. The number of likely N-dealkylation sites (tertiary alicyclic amines) is 1. The van der Waals surface area contributed by atoms with E-state index < -0.39 is 41.5 Å². The van der Waals surface area contributed by atoms with Crippen LogP contribution in [0.15, 0.2) is 42.5 Å². The first kappa shape index (κ1) is 34.1. The van der Waals surface area contributed by atoms with Crippen LogP contribution >= 0.6 is 0 Å². The molecule has 44 heavy (non-hydrogen) atoms. The Bertz CT molecular complexity index is 1270. The number of rotatable bonds is 7. The van der Waals surface area contributed by atoms with Gasteiger partial charge in [-0.05, 0) is 89.8 Å². The maximum absolute atomic E-state index is 13.9. The number of carboxylic acid groups (broad SMARTS) is 1. The highest BCUT2D eigenvalue weighted by Gasteiger charge is 2.56. The lowest BCUT2D eigenvalue weighted by atomic mass is 9.61. The molecule has 1 saturated heterocycles. The van der Waals surface area contributed by atoms with Crippen LogP contribution in [-0.2, 0) is 23.5 Å². The standard InChI is InChI=1S/C33H39F7NO3/c1-18(2)28(31(3,4)5)29-24-10-11-26(27(20-6-8-23(34)9-7-20)25(24)17-41(29)30(42)43)44-13-12-19-14-21(32(35,36)37)16-22(15-19)33(38,39)40/h6-9,14-16,24-29H,10-13,17H2,1-5H3,(H,42,43)/t24-,25-,26+,27+,28?,29?/m0/s1. The van der Waals surface area contributed by atoms with E-state index in [2.05, 4.69) is 20.8 Å². The van der Waals surface area contributed by atoms with Gasteiger partial charge in [-0.25, -0.2) is 9.18 Å². The van der Waals surface area contributed by atoms with Gasteiger partial charge in [0.2, 0.25) is 0 Å². The molecule has 1 saturated carbocycles. The van der Waals surface area contributed by atoms with Gasteiger partial charge in [-0.15, -0.1) is 0 Å². The predicted molar refractivity (Wildman–Crippen MR) is 151 cm³/mol. The summed E-state index contributed by atoms with van der Waals surface area (Å²) in [5.74, 6) is 0.0669. The van der Waals surface area contributed by atoms with E-state index in [1.807, 2.05) is 13.8 Å². The van der Waals surface area contributed by atoms with Crippen molar-refractivity contribution < 1.29 is 45.4 Å². The zero-order chi connectivity index (χ0) is 32.8. The molecule has 2 aromatic rings. The Morgan fingerprint density at radius 3 is 1.98 bits per heavy atom. The van der Waals surface area contributed by atoms with Gasteiger partial charge in [0.05, 0.1) is 23.8 Å². The summed E-state index contributed by atoms with van der Waals surface area (Å²) < 4.78 is 100. The van der Waals surface area contributed by atoms with Crippen molar-refractivity contribution in [2.45, 2.75) is 84.3 Å². The monoisotopic (exact) mass is 630 g/mol. The lowest BCUT2D eigenvalue weighted by Crippen LogP contribution is -2.49. The van der Waals surface area contributed by atoms with Crippen LogP contribution in [0.5, 0.6) is 0 Å². The molecule has 2 fully saturated rings. The van der Waals surface area contributed by atoms with Gasteiger partial charge >= 0.3 is 18.4 Å². The van der Waals surface area contributed by atoms with Crippen molar-refractivity contribution in [3.8, 4) is 0 Å². The van der Waals surface area contributed by atoms with Crippen LogP contribution in [-0.4, -0.2) is 41.4 Å². The maximum atomic E-state index is 13.9. The van der Waals surface area contributed by atoms with Gasteiger partial charge < -0.3 is 14.7 Å². The Morgan fingerprint density at radius 2 is 1.50 bits per heavy atom. The van der Waals surface area contributed by atoms with Crippen LogP contribution in [0.2, 0.25) is 0 Å². The highest BCUT2D eigenvalue weighted by molar-refractivity contribution is 5.66. The Balaban J connectivity index is 1.64. The minimum absolute atomic E-state index is 0.0297. The minimum Gasteiger partial charge on any atom is -0.465 e. The van der Waals surface area contributed by atoms with Crippen LogP contribution in [0.3, 0.4) is 0 Å². The van der Waals surface area contributed by atoms with Crippen LogP contribution in [0.4, 0.5) is 35.5 Å². The molecule has 243 valence electrons. The van der Waals surface area contributed by atoms with Crippen LogP contribution in [0, 0.1) is 34.9 Å². The number of fused-ring (bicyclic) bond motifs is 1. The number of carbonyl (C=O) groups is 1. The molecule has 1 heterocycles. The van der Waals surface area contributed by atoms with E-state index in [1.165, 1.54) is 17.0 Å². The van der Waals surface area contributed by atoms with Crippen molar-refractivity contribution in [2.24, 2.45) is 23.2 Å². The van der Waals surface area contributed by atoms with Gasteiger partial charge in [-0.2, -0.15) is 26.3 Å². The third-order valence-corrected chi connectivity index (χ3v) is 9.17. The molecule has 2 aromatic carbocycles. The number of nitrogens with zero attached hydrogens (tertiary/aromatic N) is 1. The third-order valence-electron chi connectivity index (χ3n) is 9.17. The maximum Gasteiger partial charge on any atom is 0.416 e. The molecule has 1 N–H and O–H groups in total. The second-order valence-corrected chi connectivity index (χ2v) is 13.4. The SMILES string of the molecule is C[C](C)C(C1[C@H]2CC[C@@H](OCCc3cc(C(F)(F)F)cc(C(F)(F)F)c3)[C@H](c3ccc(F)cc3)[C@H]2CN1C(=O)O)C(C)(C)C. The number of hydrogen-bond donors (Lipinski definition) is 1. The zero-order valence-corrected chi connectivity index (χ0v) is 25.4. The van der Waals surface area contributed by atoms with E-state index in [1.54, 1.807) is 12.1 Å². The first-order valence-corrected chi connectivity index (χ1v) is 14.7. The minimum atomic E-state index is -4.95. The molecular formula is C33H39F7NO3. The summed E-state index contributed by atoms with van der Waals surface area (Å²) in [6.45, 7) is 10.4. The molecule has 11 heteroatoms. The summed E-state index contributed by atoms with van der Waals surface area (Å²) in [6.07, 6.45) is -10.5. The molecule has 2 unspecified atom stereocenters. The Kier molecular flexibility index (Phi) is 9.69. The largest absolute Gasteiger partial charge is 0.465 e. The molecule has 0 bridgehead atoms. The first-order chi connectivity index (χ1) is 20.3. The van der Waals surface area contributed by atoms with Crippen molar-refractivity contribution in [1.29, 1.82) is 0 Å². The quantitative estimate of drug-likeness (QED) is 0.311. The molecule has 4 nitrogen and oxygen atoms in total. The Hall–Kier alpha value is -2.82. The topological polar surface area (TPSA) is 49.8 Å². The average molecular weight is 631 g/mol. The fraction of sp³-hybridized carbons (Fsp3) is 0.576. The van der Waals surface area contributed by atoms with E-state index in [4.69, 9.17) is 4.74 Å². The normalized spacial score (nSPS) is 25.3. The molecule has 0 aromatic heterocycles. The lowest BCUT2D eigenvalue weighted by molar-refractivity contribution is -0.143. The van der Waals surface area contributed by atoms with E-state index in [-0.39, 0.29) is 66.3 Å². The van der Waals surface area contributed by atoms with Gasteiger partial charge in [0.1, 0.15) is 5.82 Å². The zero-order valence-electron chi connectivity index (χ0n) is 25.4. The lowest BCUT2D eigenvalue weighted by Gasteiger charge is -2.46. The van der Waals surface area contributed by atoms with Crippen molar-refractivity contribution in [1.82, 2.24) is 4.90 Å². The highest BCUT2D eigenvalue weighted by Crippen LogP contribution is 2.54. The summed E-state index contributed by atoms with van der Waals surface area (Å²) in [4.78, 5) is 14.1. The van der Waals surface area contributed by atoms with Crippen LogP contribution in [0.25, 0.3) is 0 Å². The Morgan fingerprint density at radius 1 is 0.932 bits per heavy atom. The number of halogens is 7. The fourth-order valence-electron chi connectivity index (χ4n) is 7.72. The third kappa shape index (κ3) is 7.35. The van der Waals surface area contributed by atoms with Crippen molar-refractivity contribution in [3.05, 3.63) is 76.5 Å². The smallest absolute Gasteiger partial charge is 0.416 e. The second kappa shape index (κ2) is 12.5. The summed E-state index contributed by atoms with van der Waals surface area (Å²) in [5.41, 5.74) is -2.40. The van der Waals surface area contributed by atoms with Gasteiger partial charge in [0.15, 0.2) is 0 Å². The summed E-state index contributed by atoms with van der Waals surface area (Å²) >= 11 is 0. The average Bonchev–Trinajstić information content (AvgIpc) is 3.26. The number of benzene rings is 2. The van der Waals surface area contributed by atoms with Crippen molar-refractivity contribution in [3.63, 3.8) is 0 Å². The van der Waals surface area contributed by atoms with Gasteiger partial charge in [0, 0.05) is 18.5 Å². The highest BCUT2D eigenvalue weighted by atomic mass is 19.4. The summed E-state index contributed by atoms with van der Waals surface area (Å²) in [5, 5.41) is 10.3.